The Hall–Kier alpha value is -3.08. The number of para-hydroxylation sites is 1. The van der Waals surface area contributed by atoms with Crippen LogP contribution in [0.2, 0.25) is 0 Å². The Morgan fingerprint density at radius 2 is 1.78 bits per heavy atom. The standard InChI is InChI=1S/C22H23N3O2/c1-14(15-9-11-18(12-10-15)24-21(26)16-7-8-16)23-22(27)20-13-17-5-3-4-6-19(17)25(20)2/h3-6,9-14,16H,7-8H2,1-2H3,(H,23,27)(H,24,26). The van der Waals surface area contributed by atoms with Crippen LogP contribution in [0, 0.1) is 5.92 Å². The Morgan fingerprint density at radius 1 is 1.07 bits per heavy atom. The van der Waals surface area contributed by atoms with Crippen LogP contribution in [-0.2, 0) is 11.8 Å². The van der Waals surface area contributed by atoms with Crippen molar-refractivity contribution in [3.05, 3.63) is 65.9 Å². The number of aromatic nitrogens is 1. The van der Waals surface area contributed by atoms with Crippen molar-refractivity contribution in [1.29, 1.82) is 0 Å². The number of carbonyl (C=O) groups is 2. The molecule has 0 radical (unpaired) electrons. The topological polar surface area (TPSA) is 63.1 Å². The first kappa shape index (κ1) is 17.3. The number of benzene rings is 2. The molecule has 1 aromatic heterocycles. The molecule has 5 heteroatoms. The van der Waals surface area contributed by atoms with Gasteiger partial charge < -0.3 is 15.2 Å². The highest BCUT2D eigenvalue weighted by molar-refractivity contribution is 5.99. The summed E-state index contributed by atoms with van der Waals surface area (Å²) in [6.07, 6.45) is 1.97. The monoisotopic (exact) mass is 361 g/mol. The van der Waals surface area contributed by atoms with Crippen molar-refractivity contribution in [2.75, 3.05) is 5.32 Å². The van der Waals surface area contributed by atoms with Crippen molar-refractivity contribution in [3.63, 3.8) is 0 Å². The van der Waals surface area contributed by atoms with Gasteiger partial charge in [-0.1, -0.05) is 30.3 Å². The average Bonchev–Trinajstić information content (AvgIpc) is 3.47. The maximum Gasteiger partial charge on any atom is 0.268 e. The summed E-state index contributed by atoms with van der Waals surface area (Å²) in [4.78, 5) is 24.6. The van der Waals surface area contributed by atoms with Crippen LogP contribution >= 0.6 is 0 Å². The zero-order chi connectivity index (χ0) is 19.0. The third-order valence-corrected chi connectivity index (χ3v) is 5.16. The highest BCUT2D eigenvalue weighted by Crippen LogP contribution is 2.30. The molecule has 2 aromatic carbocycles. The van der Waals surface area contributed by atoms with E-state index in [2.05, 4.69) is 10.6 Å². The number of amides is 2. The Kier molecular flexibility index (Phi) is 4.44. The Balaban J connectivity index is 1.44. The summed E-state index contributed by atoms with van der Waals surface area (Å²) >= 11 is 0. The largest absolute Gasteiger partial charge is 0.344 e. The number of fused-ring (bicyclic) bond motifs is 1. The van der Waals surface area contributed by atoms with Gasteiger partial charge in [0.25, 0.3) is 5.91 Å². The van der Waals surface area contributed by atoms with Gasteiger partial charge in [-0.2, -0.15) is 0 Å². The fourth-order valence-corrected chi connectivity index (χ4v) is 3.31. The molecule has 1 atom stereocenters. The van der Waals surface area contributed by atoms with Gasteiger partial charge in [0.05, 0.1) is 6.04 Å². The van der Waals surface area contributed by atoms with Crippen LogP contribution in [0.3, 0.4) is 0 Å². The molecule has 0 bridgehead atoms. The summed E-state index contributed by atoms with van der Waals surface area (Å²) in [6.45, 7) is 1.96. The number of aryl methyl sites for hydroxylation is 1. The van der Waals surface area contributed by atoms with E-state index in [4.69, 9.17) is 0 Å². The predicted molar refractivity (Wildman–Crippen MR) is 107 cm³/mol. The minimum Gasteiger partial charge on any atom is -0.344 e. The molecule has 0 aliphatic heterocycles. The van der Waals surface area contributed by atoms with Crippen molar-refractivity contribution in [2.45, 2.75) is 25.8 Å². The smallest absolute Gasteiger partial charge is 0.268 e. The molecular formula is C22H23N3O2. The lowest BCUT2D eigenvalue weighted by Gasteiger charge is -2.15. The van der Waals surface area contributed by atoms with Crippen LogP contribution < -0.4 is 10.6 Å². The maximum absolute atomic E-state index is 12.7. The Bertz CT molecular complexity index is 1000. The van der Waals surface area contributed by atoms with Crippen molar-refractivity contribution in [3.8, 4) is 0 Å². The highest BCUT2D eigenvalue weighted by Gasteiger charge is 2.29. The molecule has 1 unspecified atom stereocenters. The van der Waals surface area contributed by atoms with Crippen molar-refractivity contribution in [2.24, 2.45) is 13.0 Å². The van der Waals surface area contributed by atoms with E-state index in [1.54, 1.807) is 0 Å². The molecule has 0 spiro atoms. The number of rotatable bonds is 5. The first-order chi connectivity index (χ1) is 13.0. The molecule has 138 valence electrons. The van der Waals surface area contributed by atoms with E-state index in [1.165, 1.54) is 0 Å². The molecule has 1 fully saturated rings. The zero-order valence-electron chi connectivity index (χ0n) is 15.5. The molecule has 1 aliphatic rings. The van der Waals surface area contributed by atoms with Crippen molar-refractivity contribution < 1.29 is 9.59 Å². The van der Waals surface area contributed by atoms with E-state index < -0.39 is 0 Å². The minimum atomic E-state index is -0.135. The van der Waals surface area contributed by atoms with Gasteiger partial charge in [0.15, 0.2) is 0 Å². The van der Waals surface area contributed by atoms with Crippen molar-refractivity contribution in [1.82, 2.24) is 9.88 Å². The number of nitrogens with zero attached hydrogens (tertiary/aromatic N) is 1. The third kappa shape index (κ3) is 3.58. The van der Waals surface area contributed by atoms with Gasteiger partial charge in [-0.25, -0.2) is 0 Å². The summed E-state index contributed by atoms with van der Waals surface area (Å²) in [5.41, 5.74) is 3.46. The van der Waals surface area contributed by atoms with Crippen LogP contribution in [-0.4, -0.2) is 16.4 Å². The number of anilines is 1. The van der Waals surface area contributed by atoms with Gasteiger partial charge in [-0.15, -0.1) is 0 Å². The van der Waals surface area contributed by atoms with E-state index in [9.17, 15) is 9.59 Å². The Labute approximate surface area is 158 Å². The molecule has 3 aromatic rings. The second-order valence-electron chi connectivity index (χ2n) is 7.23. The van der Waals surface area contributed by atoms with E-state index in [1.807, 2.05) is 73.1 Å². The van der Waals surface area contributed by atoms with Gasteiger partial charge in [-0.3, -0.25) is 9.59 Å². The lowest BCUT2D eigenvalue weighted by molar-refractivity contribution is -0.117. The molecule has 5 nitrogen and oxygen atoms in total. The minimum absolute atomic E-state index is 0.0971. The molecule has 4 rings (SSSR count). The van der Waals surface area contributed by atoms with Gasteiger partial charge in [0, 0.05) is 29.6 Å². The summed E-state index contributed by atoms with van der Waals surface area (Å²) in [5, 5.41) is 7.03. The Morgan fingerprint density at radius 3 is 2.44 bits per heavy atom. The number of nitrogens with one attached hydrogen (secondary N) is 2. The lowest BCUT2D eigenvalue weighted by Crippen LogP contribution is -2.28. The van der Waals surface area contributed by atoms with Crippen LogP contribution in [0.5, 0.6) is 0 Å². The molecule has 2 amide bonds. The maximum atomic E-state index is 12.7. The summed E-state index contributed by atoms with van der Waals surface area (Å²) in [5.74, 6) is 0.177. The van der Waals surface area contributed by atoms with Crippen molar-refractivity contribution >= 4 is 28.4 Å². The van der Waals surface area contributed by atoms with Gasteiger partial charge in [-0.05, 0) is 49.6 Å². The average molecular weight is 361 g/mol. The molecule has 0 saturated heterocycles. The van der Waals surface area contributed by atoms with E-state index in [-0.39, 0.29) is 23.8 Å². The zero-order valence-corrected chi connectivity index (χ0v) is 15.5. The summed E-state index contributed by atoms with van der Waals surface area (Å²) < 4.78 is 1.91. The van der Waals surface area contributed by atoms with Gasteiger partial charge in [0.1, 0.15) is 5.69 Å². The van der Waals surface area contributed by atoms with Crippen LogP contribution in [0.1, 0.15) is 41.9 Å². The van der Waals surface area contributed by atoms with Crippen LogP contribution in [0.4, 0.5) is 5.69 Å². The van der Waals surface area contributed by atoms with E-state index in [0.717, 1.165) is 35.0 Å². The first-order valence-corrected chi connectivity index (χ1v) is 9.29. The molecule has 1 heterocycles. The number of hydrogen-bond acceptors (Lipinski definition) is 2. The fourth-order valence-electron chi connectivity index (χ4n) is 3.31. The van der Waals surface area contributed by atoms with E-state index in [0.29, 0.717) is 5.69 Å². The quantitative estimate of drug-likeness (QED) is 0.721. The molecule has 1 aliphatic carbocycles. The van der Waals surface area contributed by atoms with E-state index >= 15 is 0 Å². The molecule has 2 N–H and O–H groups in total. The summed E-state index contributed by atoms with van der Waals surface area (Å²) in [6, 6.07) is 17.4. The highest BCUT2D eigenvalue weighted by atomic mass is 16.2. The third-order valence-electron chi connectivity index (χ3n) is 5.16. The van der Waals surface area contributed by atoms with Gasteiger partial charge >= 0.3 is 0 Å². The SMILES string of the molecule is CC(NC(=O)c1cc2ccccc2n1C)c1ccc(NC(=O)C2CC2)cc1. The first-order valence-electron chi connectivity index (χ1n) is 9.29. The fraction of sp³-hybridized carbons (Fsp3) is 0.273. The second kappa shape index (κ2) is 6.91. The second-order valence-corrected chi connectivity index (χ2v) is 7.23. The predicted octanol–water partition coefficient (Wildman–Crippen LogP) is 4.02. The lowest BCUT2D eigenvalue weighted by atomic mass is 10.1. The normalized spacial score (nSPS) is 14.7. The summed E-state index contributed by atoms with van der Waals surface area (Å²) in [7, 11) is 1.90. The number of carbonyl (C=O) groups excluding carboxylic acids is 2. The van der Waals surface area contributed by atoms with Crippen LogP contribution in [0.25, 0.3) is 10.9 Å². The van der Waals surface area contributed by atoms with Gasteiger partial charge in [0.2, 0.25) is 5.91 Å². The molecular weight excluding hydrogens is 338 g/mol. The molecule has 1 saturated carbocycles. The molecule has 27 heavy (non-hydrogen) atoms. The van der Waals surface area contributed by atoms with Crippen LogP contribution in [0.15, 0.2) is 54.6 Å². The number of hydrogen-bond donors (Lipinski definition) is 2.